The maximum absolute atomic E-state index is 3.15. The van der Waals surface area contributed by atoms with Crippen LogP contribution in [0.1, 0.15) is 0 Å². The molecule has 0 saturated heterocycles. The standard InChI is InChI=1S/3C10H7.Cr.H3Si/c3*1-2-6-10-8-4-3-7-9(10)5-1;;/h3*1-7H;;1H3/q3*-1;+3;. The predicted octanol–water partition coefficient (Wildman–Crippen LogP) is 6.73. The van der Waals surface area contributed by atoms with Crippen molar-refractivity contribution in [2.24, 2.45) is 0 Å². The average molecular weight is 465 g/mol. The first kappa shape index (κ1) is 25.1. The molecule has 0 heterocycles. The molecule has 0 aromatic heterocycles. The van der Waals surface area contributed by atoms with E-state index in [1.54, 1.807) is 0 Å². The Hall–Kier alpha value is -3.15. The van der Waals surface area contributed by atoms with Crippen LogP contribution in [-0.4, -0.2) is 11.0 Å². The van der Waals surface area contributed by atoms with Gasteiger partial charge >= 0.3 is 17.4 Å². The maximum Gasteiger partial charge on any atom is 3.00 e. The van der Waals surface area contributed by atoms with Crippen LogP contribution >= 0.6 is 0 Å². The molecule has 0 aliphatic rings. The van der Waals surface area contributed by atoms with Crippen LogP contribution in [0, 0.1) is 18.2 Å². The number of hydrogen-bond donors (Lipinski definition) is 0. The molecule has 6 aromatic rings. The summed E-state index contributed by atoms with van der Waals surface area (Å²) in [5.74, 6) is 0. The Balaban J connectivity index is 0.000000165. The first-order chi connectivity index (χ1) is 14.9. The summed E-state index contributed by atoms with van der Waals surface area (Å²) in [5, 5.41) is 7.32. The Morgan fingerprint density at radius 3 is 0.875 bits per heavy atom. The fourth-order valence-electron chi connectivity index (χ4n) is 3.19. The molecule has 154 valence electrons. The average Bonchev–Trinajstić information content (AvgIpc) is 2.85. The summed E-state index contributed by atoms with van der Waals surface area (Å²) < 4.78 is 0. The SMILES string of the molecule is [Cr+3].[SiH3].[c-]1cccc2ccccc12.[c-]1cccc2ccccc12.[c-]1cccc2ccccc12. The smallest absolute Gasteiger partial charge is 0.147 e. The third-order valence-corrected chi connectivity index (χ3v) is 4.71. The zero-order valence-electron chi connectivity index (χ0n) is 18.0. The van der Waals surface area contributed by atoms with Crippen LogP contribution < -0.4 is 0 Å². The summed E-state index contributed by atoms with van der Waals surface area (Å²) in [4.78, 5) is 0. The van der Waals surface area contributed by atoms with E-state index >= 15 is 0 Å². The molecule has 0 unspecified atom stereocenters. The molecular formula is C30H24CrSi. The Morgan fingerprint density at radius 2 is 0.594 bits per heavy atom. The van der Waals surface area contributed by atoms with Gasteiger partial charge in [0.15, 0.2) is 0 Å². The van der Waals surface area contributed by atoms with E-state index in [-0.39, 0.29) is 28.3 Å². The second kappa shape index (κ2) is 13.3. The predicted molar refractivity (Wildman–Crippen MR) is 138 cm³/mol. The monoisotopic (exact) mass is 464 g/mol. The third kappa shape index (κ3) is 6.94. The van der Waals surface area contributed by atoms with Crippen molar-refractivity contribution in [2.45, 2.75) is 0 Å². The van der Waals surface area contributed by atoms with E-state index in [0.717, 1.165) is 0 Å². The van der Waals surface area contributed by atoms with Crippen LogP contribution in [0.5, 0.6) is 0 Å². The quantitative estimate of drug-likeness (QED) is 0.173. The summed E-state index contributed by atoms with van der Waals surface area (Å²) in [7, 11) is 0. The van der Waals surface area contributed by atoms with Gasteiger partial charge in [-0.1, -0.05) is 36.4 Å². The molecule has 6 rings (SSSR count). The zero-order valence-corrected chi connectivity index (χ0v) is 21.3. The minimum Gasteiger partial charge on any atom is -0.147 e. The summed E-state index contributed by atoms with van der Waals surface area (Å²) in [6.07, 6.45) is 0. The van der Waals surface area contributed by atoms with Gasteiger partial charge in [-0.05, 0) is 11.0 Å². The molecule has 0 atom stereocenters. The van der Waals surface area contributed by atoms with E-state index in [1.807, 2.05) is 72.8 Å². The van der Waals surface area contributed by atoms with Crippen molar-refractivity contribution < 1.29 is 17.4 Å². The van der Waals surface area contributed by atoms with Crippen LogP contribution in [0.3, 0.4) is 0 Å². The molecule has 0 bridgehead atoms. The summed E-state index contributed by atoms with van der Waals surface area (Å²) in [6, 6.07) is 52.2. The molecule has 0 amide bonds. The first-order valence-corrected chi connectivity index (χ1v) is 9.96. The number of fused-ring (bicyclic) bond motifs is 3. The van der Waals surface area contributed by atoms with E-state index in [2.05, 4.69) is 72.8 Å². The second-order valence-electron chi connectivity index (χ2n) is 6.77. The molecule has 0 spiro atoms. The van der Waals surface area contributed by atoms with Crippen molar-refractivity contribution in [3.05, 3.63) is 146 Å². The van der Waals surface area contributed by atoms with Crippen molar-refractivity contribution >= 4 is 43.3 Å². The van der Waals surface area contributed by atoms with Gasteiger partial charge in [0, 0.05) is 0 Å². The molecule has 0 nitrogen and oxygen atoms in total. The van der Waals surface area contributed by atoms with E-state index < -0.39 is 0 Å². The topological polar surface area (TPSA) is 0 Å². The van der Waals surface area contributed by atoms with Gasteiger partial charge in [-0.15, -0.1) is 142 Å². The van der Waals surface area contributed by atoms with Gasteiger partial charge < -0.3 is 0 Å². The molecule has 2 radical (unpaired) electrons. The van der Waals surface area contributed by atoms with Crippen molar-refractivity contribution in [1.29, 1.82) is 0 Å². The van der Waals surface area contributed by atoms with Crippen LogP contribution in [0.25, 0.3) is 32.3 Å². The molecule has 0 aliphatic carbocycles. The summed E-state index contributed by atoms with van der Waals surface area (Å²) >= 11 is 0. The van der Waals surface area contributed by atoms with Gasteiger partial charge in [0.05, 0.1) is 0 Å². The van der Waals surface area contributed by atoms with Crippen LogP contribution in [0.2, 0.25) is 0 Å². The second-order valence-corrected chi connectivity index (χ2v) is 6.77. The fraction of sp³-hybridized carbons (Fsp3) is 0. The summed E-state index contributed by atoms with van der Waals surface area (Å²) in [6.45, 7) is 0. The van der Waals surface area contributed by atoms with Gasteiger partial charge in [-0.25, -0.2) is 0 Å². The Kier molecular flexibility index (Phi) is 10.4. The van der Waals surface area contributed by atoms with E-state index in [0.29, 0.717) is 0 Å². The van der Waals surface area contributed by atoms with E-state index in [1.165, 1.54) is 32.3 Å². The van der Waals surface area contributed by atoms with Crippen LogP contribution in [-0.2, 0) is 17.4 Å². The normalized spacial score (nSPS) is 9.38. The molecule has 2 heteroatoms. The van der Waals surface area contributed by atoms with Crippen LogP contribution in [0.15, 0.2) is 127 Å². The molecule has 0 N–H and O–H groups in total. The minimum atomic E-state index is 0. The van der Waals surface area contributed by atoms with E-state index in [4.69, 9.17) is 0 Å². The number of rotatable bonds is 0. The summed E-state index contributed by atoms with van der Waals surface area (Å²) in [5.41, 5.74) is 0. The molecular weight excluding hydrogens is 440 g/mol. The Labute approximate surface area is 205 Å². The molecule has 32 heavy (non-hydrogen) atoms. The zero-order chi connectivity index (χ0) is 20.4. The van der Waals surface area contributed by atoms with Gasteiger partial charge in [-0.3, -0.25) is 0 Å². The first-order valence-electron chi connectivity index (χ1n) is 9.96. The molecule has 6 aromatic carbocycles. The van der Waals surface area contributed by atoms with E-state index in [9.17, 15) is 0 Å². The van der Waals surface area contributed by atoms with Crippen molar-refractivity contribution in [3.63, 3.8) is 0 Å². The van der Waals surface area contributed by atoms with Gasteiger partial charge in [-0.2, -0.15) is 0 Å². The van der Waals surface area contributed by atoms with Crippen molar-refractivity contribution in [3.8, 4) is 0 Å². The minimum absolute atomic E-state index is 0. The van der Waals surface area contributed by atoms with Crippen LogP contribution in [0.4, 0.5) is 0 Å². The molecule has 0 saturated carbocycles. The maximum atomic E-state index is 3.15. The van der Waals surface area contributed by atoms with Gasteiger partial charge in [0.1, 0.15) is 0 Å². The molecule has 0 aliphatic heterocycles. The van der Waals surface area contributed by atoms with Gasteiger partial charge in [0.2, 0.25) is 0 Å². The Morgan fingerprint density at radius 1 is 0.344 bits per heavy atom. The largest absolute Gasteiger partial charge is 3.00 e. The molecule has 0 fully saturated rings. The van der Waals surface area contributed by atoms with Gasteiger partial charge in [0.25, 0.3) is 0 Å². The number of benzene rings is 6. The third-order valence-electron chi connectivity index (χ3n) is 4.71. The van der Waals surface area contributed by atoms with Crippen molar-refractivity contribution in [2.75, 3.05) is 0 Å². The van der Waals surface area contributed by atoms with Crippen molar-refractivity contribution in [1.82, 2.24) is 0 Å². The Bertz CT molecular complexity index is 995. The number of hydrogen-bond acceptors (Lipinski definition) is 0. The fourth-order valence-corrected chi connectivity index (χ4v) is 3.19.